The number of rotatable bonds is 1. The van der Waals surface area contributed by atoms with Gasteiger partial charge in [0.1, 0.15) is 11.6 Å². The van der Waals surface area contributed by atoms with Crippen LogP contribution in [0.1, 0.15) is 0 Å². The van der Waals surface area contributed by atoms with Crippen molar-refractivity contribution in [1.82, 2.24) is 0 Å². The molecule has 1 aromatic rings. The second-order valence-corrected chi connectivity index (χ2v) is 3.50. The number of carbonyl (C=O) groups excluding carboxylic acids is 1. The van der Waals surface area contributed by atoms with Crippen LogP contribution in [0.5, 0.6) is 5.75 Å². The van der Waals surface area contributed by atoms with Crippen molar-refractivity contribution in [3.05, 3.63) is 23.0 Å². The highest BCUT2D eigenvalue weighted by atomic mass is 35.5. The third-order valence-corrected chi connectivity index (χ3v) is 2.35. The maximum absolute atomic E-state index is 13.0. The van der Waals surface area contributed by atoms with Crippen molar-refractivity contribution in [3.8, 4) is 5.75 Å². The minimum atomic E-state index is -0.751. The Morgan fingerprint density at radius 2 is 2.33 bits per heavy atom. The summed E-state index contributed by atoms with van der Waals surface area (Å²) in [7, 11) is 0. The molecule has 1 atom stereocenters. The monoisotopic (exact) mass is 230 g/mol. The highest BCUT2D eigenvalue weighted by Gasteiger charge is 2.27. The van der Waals surface area contributed by atoms with Crippen molar-refractivity contribution < 1.29 is 13.9 Å². The van der Waals surface area contributed by atoms with Crippen LogP contribution in [-0.4, -0.2) is 18.6 Å². The zero-order valence-corrected chi connectivity index (χ0v) is 8.34. The summed E-state index contributed by atoms with van der Waals surface area (Å²) >= 11 is 5.57. The number of hydrogen-bond donors (Lipinski definition) is 2. The van der Waals surface area contributed by atoms with Gasteiger partial charge in [-0.3, -0.25) is 4.79 Å². The van der Waals surface area contributed by atoms with Crippen LogP contribution in [-0.2, 0) is 4.79 Å². The van der Waals surface area contributed by atoms with Crippen LogP contribution in [0.25, 0.3) is 0 Å². The summed E-state index contributed by atoms with van der Waals surface area (Å²) in [4.78, 5) is 11.3. The van der Waals surface area contributed by atoms with Gasteiger partial charge in [-0.15, -0.1) is 0 Å². The second kappa shape index (κ2) is 3.67. The van der Waals surface area contributed by atoms with Gasteiger partial charge in [0.05, 0.1) is 10.7 Å². The fourth-order valence-corrected chi connectivity index (χ4v) is 1.45. The maximum atomic E-state index is 13.0. The molecule has 4 nitrogen and oxygen atoms in total. The maximum Gasteiger partial charge on any atom is 0.266 e. The smallest absolute Gasteiger partial charge is 0.266 e. The highest BCUT2D eigenvalue weighted by molar-refractivity contribution is 6.31. The third-order valence-electron chi connectivity index (χ3n) is 2.06. The summed E-state index contributed by atoms with van der Waals surface area (Å²) in [6, 6.07) is 2.43. The molecule has 15 heavy (non-hydrogen) atoms. The predicted octanol–water partition coefficient (Wildman–Crippen LogP) is 1.14. The Balaban J connectivity index is 2.41. The summed E-state index contributed by atoms with van der Waals surface area (Å²) in [5, 5.41) is 2.43. The van der Waals surface area contributed by atoms with Crippen LogP contribution in [0.3, 0.4) is 0 Å². The second-order valence-electron chi connectivity index (χ2n) is 3.09. The van der Waals surface area contributed by atoms with Crippen LogP contribution in [0, 0.1) is 5.82 Å². The first-order chi connectivity index (χ1) is 7.11. The standard InChI is InChI=1S/C9H8ClFN2O2/c10-4-1-7-6(2-5(4)11)13-9(14)8(3-12)15-7/h1-2,8H,3,12H2,(H,13,14). The van der Waals surface area contributed by atoms with E-state index in [0.717, 1.165) is 6.07 Å². The minimum Gasteiger partial charge on any atom is -0.477 e. The normalized spacial score (nSPS) is 19.1. The molecule has 0 saturated heterocycles. The van der Waals surface area contributed by atoms with E-state index in [1.54, 1.807) is 0 Å². The van der Waals surface area contributed by atoms with Crippen LogP contribution in [0.4, 0.5) is 10.1 Å². The molecule has 0 spiro atoms. The molecule has 0 radical (unpaired) electrons. The van der Waals surface area contributed by atoms with Crippen molar-refractivity contribution in [2.24, 2.45) is 5.73 Å². The van der Waals surface area contributed by atoms with Gasteiger partial charge in [0.25, 0.3) is 5.91 Å². The van der Waals surface area contributed by atoms with E-state index in [-0.39, 0.29) is 23.2 Å². The Bertz CT molecular complexity index is 425. The van der Waals surface area contributed by atoms with Gasteiger partial charge in [-0.1, -0.05) is 11.6 Å². The average molecular weight is 231 g/mol. The topological polar surface area (TPSA) is 64.3 Å². The fraction of sp³-hybridized carbons (Fsp3) is 0.222. The van der Waals surface area contributed by atoms with E-state index in [9.17, 15) is 9.18 Å². The van der Waals surface area contributed by atoms with Crippen LogP contribution in [0.15, 0.2) is 12.1 Å². The Kier molecular flexibility index (Phi) is 2.50. The summed E-state index contributed by atoms with van der Waals surface area (Å²) < 4.78 is 18.3. The Morgan fingerprint density at radius 1 is 1.60 bits per heavy atom. The molecule has 3 N–H and O–H groups in total. The van der Waals surface area contributed by atoms with E-state index in [1.165, 1.54) is 6.07 Å². The third kappa shape index (κ3) is 1.75. The first-order valence-electron chi connectivity index (χ1n) is 4.28. The lowest BCUT2D eigenvalue weighted by Gasteiger charge is -2.24. The van der Waals surface area contributed by atoms with E-state index in [4.69, 9.17) is 22.1 Å². The zero-order valence-electron chi connectivity index (χ0n) is 7.59. The van der Waals surface area contributed by atoms with Gasteiger partial charge in [0, 0.05) is 18.7 Å². The largest absolute Gasteiger partial charge is 0.477 e. The van der Waals surface area contributed by atoms with Gasteiger partial charge in [-0.25, -0.2) is 4.39 Å². The first-order valence-corrected chi connectivity index (χ1v) is 4.66. The summed E-state index contributed by atoms with van der Waals surface area (Å²) in [6.45, 7) is 0.0558. The number of fused-ring (bicyclic) bond motifs is 1. The van der Waals surface area contributed by atoms with Gasteiger partial charge in [-0.2, -0.15) is 0 Å². The lowest BCUT2D eigenvalue weighted by Crippen LogP contribution is -2.42. The molecule has 0 fully saturated rings. The van der Waals surface area contributed by atoms with Crippen molar-refractivity contribution in [3.63, 3.8) is 0 Å². The summed E-state index contributed by atoms with van der Waals surface area (Å²) in [5.41, 5.74) is 5.60. The summed E-state index contributed by atoms with van der Waals surface area (Å²) in [5.74, 6) is -0.659. The number of hydrogen-bond acceptors (Lipinski definition) is 3. The first kappa shape index (κ1) is 10.2. The molecule has 1 amide bonds. The molecule has 1 aromatic carbocycles. The van der Waals surface area contributed by atoms with Crippen molar-refractivity contribution in [1.29, 1.82) is 0 Å². The van der Waals surface area contributed by atoms with E-state index in [2.05, 4.69) is 5.32 Å². The van der Waals surface area contributed by atoms with Crippen molar-refractivity contribution in [2.75, 3.05) is 11.9 Å². The molecule has 2 rings (SSSR count). The molecule has 1 unspecified atom stereocenters. The van der Waals surface area contributed by atoms with Crippen LogP contribution in [0.2, 0.25) is 5.02 Å². The SMILES string of the molecule is NCC1Oc2cc(Cl)c(F)cc2NC1=O. The number of nitrogens with two attached hydrogens (primary N) is 1. The number of halogens is 2. The van der Waals surface area contributed by atoms with Crippen molar-refractivity contribution >= 4 is 23.2 Å². The lowest BCUT2D eigenvalue weighted by atomic mass is 10.2. The van der Waals surface area contributed by atoms with E-state index in [1.807, 2.05) is 0 Å². The number of ether oxygens (including phenoxy) is 1. The molecule has 0 bridgehead atoms. The van der Waals surface area contributed by atoms with E-state index >= 15 is 0 Å². The van der Waals surface area contributed by atoms with Gasteiger partial charge >= 0.3 is 0 Å². The molecule has 0 aliphatic carbocycles. The van der Waals surface area contributed by atoms with E-state index < -0.39 is 11.9 Å². The average Bonchev–Trinajstić information content (AvgIpc) is 2.20. The molecule has 6 heteroatoms. The van der Waals surface area contributed by atoms with Gasteiger partial charge in [0.2, 0.25) is 0 Å². The molecule has 0 saturated carbocycles. The highest BCUT2D eigenvalue weighted by Crippen LogP contribution is 2.33. The number of nitrogens with one attached hydrogen (secondary N) is 1. The van der Waals surface area contributed by atoms with E-state index in [0.29, 0.717) is 5.75 Å². The predicted molar refractivity (Wildman–Crippen MR) is 53.5 cm³/mol. The quantitative estimate of drug-likeness (QED) is 0.760. The molecular formula is C9H8ClFN2O2. The Morgan fingerprint density at radius 3 is 3.00 bits per heavy atom. The van der Waals surface area contributed by atoms with Crippen LogP contribution >= 0.6 is 11.6 Å². The molecule has 1 aliphatic heterocycles. The molecular weight excluding hydrogens is 223 g/mol. The zero-order chi connectivity index (χ0) is 11.0. The molecule has 80 valence electrons. The van der Waals surface area contributed by atoms with Crippen molar-refractivity contribution in [2.45, 2.75) is 6.10 Å². The minimum absolute atomic E-state index is 0.0549. The van der Waals surface area contributed by atoms with Crippen LogP contribution < -0.4 is 15.8 Å². The Hall–Kier alpha value is -1.33. The molecule has 1 aliphatic rings. The lowest BCUT2D eigenvalue weighted by molar-refractivity contribution is -0.123. The van der Waals surface area contributed by atoms with Gasteiger partial charge < -0.3 is 15.8 Å². The fourth-order valence-electron chi connectivity index (χ4n) is 1.30. The number of anilines is 1. The number of benzene rings is 1. The van der Waals surface area contributed by atoms with Gasteiger partial charge in [-0.05, 0) is 0 Å². The Labute approximate surface area is 90.2 Å². The number of amides is 1. The molecule has 0 aromatic heterocycles. The van der Waals surface area contributed by atoms with Gasteiger partial charge in [0.15, 0.2) is 6.10 Å². The number of carbonyl (C=O) groups is 1. The summed E-state index contributed by atoms with van der Waals surface area (Å²) in [6.07, 6.45) is -0.751. The molecule has 1 heterocycles.